The van der Waals surface area contributed by atoms with Crippen LogP contribution in [0.25, 0.3) is 0 Å². The fraction of sp³-hybridized carbons (Fsp3) is 0.611. The summed E-state index contributed by atoms with van der Waals surface area (Å²) in [7, 11) is -3.67. The average molecular weight is 367 g/mol. The predicted octanol–water partition coefficient (Wildman–Crippen LogP) is 2.44. The first-order valence-corrected chi connectivity index (χ1v) is 10.6. The van der Waals surface area contributed by atoms with Gasteiger partial charge in [0.1, 0.15) is 10.7 Å². The summed E-state index contributed by atoms with van der Waals surface area (Å²) >= 11 is 0. The molecule has 25 heavy (non-hydrogen) atoms. The summed E-state index contributed by atoms with van der Waals surface area (Å²) < 4.78 is 38.4. The second-order valence-corrected chi connectivity index (χ2v) is 9.09. The van der Waals surface area contributed by atoms with Gasteiger partial charge >= 0.3 is 0 Å². The Hall–Kier alpha value is -1.63. The number of guanidine groups is 1. The molecule has 1 saturated carbocycles. The van der Waals surface area contributed by atoms with Gasteiger partial charge < -0.3 is 10.2 Å². The fourth-order valence-corrected chi connectivity index (χ4v) is 4.91. The van der Waals surface area contributed by atoms with E-state index in [1.165, 1.54) is 49.9 Å². The zero-order valence-corrected chi connectivity index (χ0v) is 15.5. The summed E-state index contributed by atoms with van der Waals surface area (Å²) in [5.41, 5.74) is 0.454. The van der Waals surface area contributed by atoms with E-state index < -0.39 is 15.7 Å². The molecule has 1 aromatic carbocycles. The number of benzene rings is 1. The number of nitrogens with zero attached hydrogens (tertiary/aromatic N) is 2. The van der Waals surface area contributed by atoms with Crippen molar-refractivity contribution in [3.63, 3.8) is 0 Å². The van der Waals surface area contributed by atoms with Crippen LogP contribution in [0.1, 0.15) is 32.6 Å². The first-order valence-electron chi connectivity index (χ1n) is 8.96. The molecule has 138 valence electrons. The summed E-state index contributed by atoms with van der Waals surface area (Å²) in [5.74, 6) is -0.123. The molecule has 1 aliphatic heterocycles. The largest absolute Gasteiger partial charge is 0.357 e. The van der Waals surface area contributed by atoms with E-state index in [9.17, 15) is 12.8 Å². The maximum Gasteiger partial charge on any atom is 0.193 e. The van der Waals surface area contributed by atoms with Crippen molar-refractivity contribution < 1.29 is 12.8 Å². The van der Waals surface area contributed by atoms with Crippen LogP contribution in [0, 0.1) is 11.2 Å². The van der Waals surface area contributed by atoms with Crippen LogP contribution in [0.4, 0.5) is 4.39 Å². The molecule has 0 amide bonds. The van der Waals surface area contributed by atoms with Crippen LogP contribution in [-0.4, -0.2) is 51.2 Å². The number of hydrogen-bond donors (Lipinski definition) is 1. The number of likely N-dealkylation sites (tertiary alicyclic amines) is 1. The second kappa shape index (κ2) is 7.32. The molecular formula is C18H26FN3O2S. The van der Waals surface area contributed by atoms with Gasteiger partial charge in [-0.3, -0.25) is 4.99 Å². The Labute approximate surface area is 149 Å². The third-order valence-corrected chi connectivity index (χ3v) is 7.00. The lowest BCUT2D eigenvalue weighted by atomic mass is 9.68. The Kier molecular flexibility index (Phi) is 5.32. The van der Waals surface area contributed by atoms with Crippen molar-refractivity contribution in [1.29, 1.82) is 0 Å². The van der Waals surface area contributed by atoms with Gasteiger partial charge in [0.2, 0.25) is 0 Å². The molecule has 1 saturated heterocycles. The van der Waals surface area contributed by atoms with Crippen molar-refractivity contribution in [2.45, 2.75) is 37.5 Å². The van der Waals surface area contributed by atoms with Crippen LogP contribution in [0.2, 0.25) is 0 Å². The van der Waals surface area contributed by atoms with E-state index in [2.05, 4.69) is 15.2 Å². The van der Waals surface area contributed by atoms with Crippen LogP contribution >= 0.6 is 0 Å². The molecule has 1 spiro atoms. The Morgan fingerprint density at radius 2 is 2.08 bits per heavy atom. The minimum Gasteiger partial charge on any atom is -0.357 e. The van der Waals surface area contributed by atoms with Crippen LogP contribution in [0.5, 0.6) is 0 Å². The lowest BCUT2D eigenvalue weighted by Gasteiger charge is -2.38. The van der Waals surface area contributed by atoms with E-state index in [0.29, 0.717) is 5.41 Å². The molecular weight excluding hydrogens is 341 g/mol. The van der Waals surface area contributed by atoms with E-state index in [-0.39, 0.29) is 17.2 Å². The second-order valence-electron chi connectivity index (χ2n) is 7.01. The molecule has 3 rings (SSSR count). The summed E-state index contributed by atoms with van der Waals surface area (Å²) in [6.07, 6.45) is 5.06. The van der Waals surface area contributed by atoms with Crippen molar-refractivity contribution in [2.75, 3.05) is 31.9 Å². The Balaban J connectivity index is 1.65. The van der Waals surface area contributed by atoms with Gasteiger partial charge in [-0.25, -0.2) is 12.8 Å². The Morgan fingerprint density at radius 3 is 2.68 bits per heavy atom. The molecule has 2 aliphatic rings. The van der Waals surface area contributed by atoms with E-state index in [1.54, 1.807) is 0 Å². The predicted molar refractivity (Wildman–Crippen MR) is 96.9 cm³/mol. The highest BCUT2D eigenvalue weighted by Crippen LogP contribution is 2.47. The van der Waals surface area contributed by atoms with Crippen LogP contribution in [0.3, 0.4) is 0 Å². The number of aliphatic imine (C=N–C) groups is 1. The van der Waals surface area contributed by atoms with Gasteiger partial charge in [0.15, 0.2) is 15.8 Å². The molecule has 2 fully saturated rings. The minimum atomic E-state index is -3.67. The van der Waals surface area contributed by atoms with E-state index in [0.717, 1.165) is 25.6 Å². The smallest absolute Gasteiger partial charge is 0.193 e. The molecule has 0 radical (unpaired) electrons. The normalized spacial score (nSPS) is 19.9. The third-order valence-electron chi connectivity index (χ3n) is 5.28. The highest BCUT2D eigenvalue weighted by atomic mass is 32.2. The summed E-state index contributed by atoms with van der Waals surface area (Å²) in [6.45, 7) is 4.83. The zero-order chi connectivity index (χ0) is 17.9. The van der Waals surface area contributed by atoms with E-state index >= 15 is 0 Å². The fourth-order valence-electron chi connectivity index (χ4n) is 3.71. The van der Waals surface area contributed by atoms with E-state index in [1.807, 2.05) is 6.92 Å². The lowest BCUT2D eigenvalue weighted by molar-refractivity contribution is 0.151. The molecule has 0 aromatic heterocycles. The molecule has 5 nitrogen and oxygen atoms in total. The topological polar surface area (TPSA) is 61.8 Å². The summed E-state index contributed by atoms with van der Waals surface area (Å²) in [5, 5.41) is 3.25. The van der Waals surface area contributed by atoms with Gasteiger partial charge in [-0.15, -0.1) is 0 Å². The molecule has 0 bridgehead atoms. The SMILES string of the molecule is CCNC(=NCCS(=O)(=O)c1ccccc1F)N1CCC2(CCC2)C1. The van der Waals surface area contributed by atoms with Crippen LogP contribution in [-0.2, 0) is 9.84 Å². The number of rotatable bonds is 5. The average Bonchev–Trinajstić information content (AvgIpc) is 3.00. The highest BCUT2D eigenvalue weighted by molar-refractivity contribution is 7.91. The minimum absolute atomic E-state index is 0.127. The Bertz CT molecular complexity index is 744. The Morgan fingerprint density at radius 1 is 1.32 bits per heavy atom. The van der Waals surface area contributed by atoms with Gasteiger partial charge in [0.25, 0.3) is 0 Å². The van der Waals surface area contributed by atoms with Crippen molar-refractivity contribution in [2.24, 2.45) is 10.4 Å². The number of hydrogen-bond acceptors (Lipinski definition) is 3. The van der Waals surface area contributed by atoms with Crippen LogP contribution in [0.15, 0.2) is 34.2 Å². The first-order chi connectivity index (χ1) is 12.0. The quantitative estimate of drug-likeness (QED) is 0.641. The van der Waals surface area contributed by atoms with Gasteiger partial charge in [-0.2, -0.15) is 0 Å². The number of nitrogens with one attached hydrogen (secondary N) is 1. The summed E-state index contributed by atoms with van der Waals surface area (Å²) in [4.78, 5) is 6.48. The number of sulfone groups is 1. The van der Waals surface area contributed by atoms with Crippen molar-refractivity contribution in [3.05, 3.63) is 30.1 Å². The monoisotopic (exact) mass is 367 g/mol. The van der Waals surface area contributed by atoms with E-state index in [4.69, 9.17) is 0 Å². The standard InChI is InChI=1S/C18H26FN3O2S/c1-2-20-17(22-12-10-18(14-22)8-5-9-18)21-11-13-25(23,24)16-7-4-3-6-15(16)19/h3-4,6-7H,2,5,8-14H2,1H3,(H,20,21). The van der Waals surface area contributed by atoms with Gasteiger partial charge in [-0.1, -0.05) is 18.6 Å². The first kappa shape index (κ1) is 18.2. The van der Waals surface area contributed by atoms with Gasteiger partial charge in [-0.05, 0) is 43.7 Å². The maximum atomic E-state index is 13.7. The number of halogens is 1. The van der Waals surface area contributed by atoms with Crippen molar-refractivity contribution >= 4 is 15.8 Å². The lowest BCUT2D eigenvalue weighted by Crippen LogP contribution is -2.42. The molecule has 0 atom stereocenters. The molecule has 7 heteroatoms. The van der Waals surface area contributed by atoms with Crippen LogP contribution < -0.4 is 5.32 Å². The molecule has 1 heterocycles. The molecule has 1 aliphatic carbocycles. The maximum absolute atomic E-state index is 13.7. The molecule has 1 aromatic rings. The van der Waals surface area contributed by atoms with Crippen molar-refractivity contribution in [3.8, 4) is 0 Å². The van der Waals surface area contributed by atoms with Crippen molar-refractivity contribution in [1.82, 2.24) is 10.2 Å². The highest BCUT2D eigenvalue weighted by Gasteiger charge is 2.43. The van der Waals surface area contributed by atoms with Gasteiger partial charge in [0.05, 0.1) is 12.3 Å². The zero-order valence-electron chi connectivity index (χ0n) is 14.7. The molecule has 0 unspecified atom stereocenters. The van der Waals surface area contributed by atoms with Gasteiger partial charge in [0, 0.05) is 19.6 Å². The molecule has 1 N–H and O–H groups in total. The third kappa shape index (κ3) is 3.97. The summed E-state index contributed by atoms with van der Waals surface area (Å²) in [6, 6.07) is 5.49.